The molecule has 0 saturated heterocycles. The molecule has 0 fully saturated rings. The number of carbonyl (C=O) groups excluding carboxylic acids is 1. The monoisotopic (exact) mass is 304 g/mol. The normalized spacial score (nSPS) is 11.9. The summed E-state index contributed by atoms with van der Waals surface area (Å²) in [7, 11) is 1.59. The van der Waals surface area contributed by atoms with Gasteiger partial charge in [-0.2, -0.15) is 0 Å². The van der Waals surface area contributed by atoms with Gasteiger partial charge in [0.25, 0.3) is 0 Å². The second kappa shape index (κ2) is 7.11. The number of primary amides is 1. The van der Waals surface area contributed by atoms with Gasteiger partial charge in [0, 0.05) is 17.1 Å². The predicted molar refractivity (Wildman–Crippen MR) is 83.2 cm³/mol. The SMILES string of the molecule is COc1ccc(Cl)cc1CN[C@H](C(N)=O)c1ccccc1. The Morgan fingerprint density at radius 2 is 2.00 bits per heavy atom. The fourth-order valence-corrected chi connectivity index (χ4v) is 2.32. The van der Waals surface area contributed by atoms with Crippen LogP contribution in [0.2, 0.25) is 5.02 Å². The van der Waals surface area contributed by atoms with E-state index >= 15 is 0 Å². The molecular formula is C16H17ClN2O2. The van der Waals surface area contributed by atoms with Crippen molar-refractivity contribution < 1.29 is 9.53 Å². The van der Waals surface area contributed by atoms with Crippen molar-refractivity contribution in [3.05, 3.63) is 64.7 Å². The highest BCUT2D eigenvalue weighted by molar-refractivity contribution is 6.30. The largest absolute Gasteiger partial charge is 0.496 e. The summed E-state index contributed by atoms with van der Waals surface area (Å²) in [5, 5.41) is 3.75. The van der Waals surface area contributed by atoms with Gasteiger partial charge in [0.1, 0.15) is 11.8 Å². The third-order valence-corrected chi connectivity index (χ3v) is 3.39. The van der Waals surface area contributed by atoms with Crippen molar-refractivity contribution in [2.75, 3.05) is 7.11 Å². The first kappa shape index (κ1) is 15.4. The number of halogens is 1. The Hall–Kier alpha value is -2.04. The van der Waals surface area contributed by atoms with Crippen LogP contribution in [0.5, 0.6) is 5.75 Å². The second-order valence-corrected chi connectivity index (χ2v) is 5.02. The first-order valence-corrected chi connectivity index (χ1v) is 6.89. The summed E-state index contributed by atoms with van der Waals surface area (Å²) in [6, 6.07) is 14.1. The third kappa shape index (κ3) is 3.97. The number of benzene rings is 2. The Kier molecular flexibility index (Phi) is 5.20. The highest BCUT2D eigenvalue weighted by atomic mass is 35.5. The molecule has 5 heteroatoms. The van der Waals surface area contributed by atoms with Crippen LogP contribution in [0, 0.1) is 0 Å². The van der Waals surface area contributed by atoms with Crippen LogP contribution in [0.1, 0.15) is 17.2 Å². The molecule has 0 aliphatic rings. The van der Waals surface area contributed by atoms with E-state index in [1.807, 2.05) is 30.3 Å². The van der Waals surface area contributed by atoms with Crippen LogP contribution in [0.3, 0.4) is 0 Å². The summed E-state index contributed by atoms with van der Waals surface area (Å²) in [5.41, 5.74) is 7.17. The smallest absolute Gasteiger partial charge is 0.239 e. The van der Waals surface area contributed by atoms with E-state index in [0.717, 1.165) is 11.1 Å². The lowest BCUT2D eigenvalue weighted by Crippen LogP contribution is -2.33. The summed E-state index contributed by atoms with van der Waals surface area (Å²) >= 11 is 5.99. The van der Waals surface area contributed by atoms with Crippen molar-refractivity contribution >= 4 is 17.5 Å². The maximum atomic E-state index is 11.6. The van der Waals surface area contributed by atoms with Crippen LogP contribution < -0.4 is 15.8 Å². The molecule has 4 nitrogen and oxygen atoms in total. The third-order valence-electron chi connectivity index (χ3n) is 3.16. The number of nitrogens with two attached hydrogens (primary N) is 1. The molecule has 0 radical (unpaired) electrons. The molecule has 0 heterocycles. The fraction of sp³-hybridized carbons (Fsp3) is 0.188. The molecule has 0 aromatic heterocycles. The molecule has 0 aliphatic heterocycles. The lowest BCUT2D eigenvalue weighted by Gasteiger charge is -2.17. The highest BCUT2D eigenvalue weighted by Crippen LogP contribution is 2.23. The molecule has 0 unspecified atom stereocenters. The molecule has 0 saturated carbocycles. The van der Waals surface area contributed by atoms with Gasteiger partial charge >= 0.3 is 0 Å². The lowest BCUT2D eigenvalue weighted by molar-refractivity contribution is -0.120. The van der Waals surface area contributed by atoms with Crippen LogP contribution in [0.4, 0.5) is 0 Å². The molecule has 1 amide bonds. The maximum Gasteiger partial charge on any atom is 0.239 e. The minimum atomic E-state index is -0.560. The van der Waals surface area contributed by atoms with Crippen molar-refractivity contribution in [2.24, 2.45) is 5.73 Å². The summed E-state index contributed by atoms with van der Waals surface area (Å²) < 4.78 is 5.28. The number of carbonyl (C=O) groups is 1. The Labute approximate surface area is 128 Å². The number of methoxy groups -OCH3 is 1. The molecule has 0 aliphatic carbocycles. The zero-order chi connectivity index (χ0) is 15.2. The van der Waals surface area contributed by atoms with E-state index in [4.69, 9.17) is 22.1 Å². The molecule has 2 rings (SSSR count). The van der Waals surface area contributed by atoms with Gasteiger partial charge in [-0.15, -0.1) is 0 Å². The van der Waals surface area contributed by atoms with Gasteiger partial charge in [-0.3, -0.25) is 10.1 Å². The number of rotatable bonds is 6. The van der Waals surface area contributed by atoms with Crippen LogP contribution in [-0.4, -0.2) is 13.0 Å². The van der Waals surface area contributed by atoms with Gasteiger partial charge in [-0.1, -0.05) is 41.9 Å². The highest BCUT2D eigenvalue weighted by Gasteiger charge is 2.17. The number of hydrogen-bond acceptors (Lipinski definition) is 3. The average molecular weight is 305 g/mol. The van der Waals surface area contributed by atoms with Crippen LogP contribution in [-0.2, 0) is 11.3 Å². The van der Waals surface area contributed by atoms with E-state index in [9.17, 15) is 4.79 Å². The molecule has 1 atom stereocenters. The van der Waals surface area contributed by atoms with Crippen molar-refractivity contribution in [2.45, 2.75) is 12.6 Å². The zero-order valence-corrected chi connectivity index (χ0v) is 12.4. The molecule has 21 heavy (non-hydrogen) atoms. The van der Waals surface area contributed by atoms with Crippen LogP contribution in [0.25, 0.3) is 0 Å². The first-order valence-electron chi connectivity index (χ1n) is 6.52. The zero-order valence-electron chi connectivity index (χ0n) is 11.7. The van der Waals surface area contributed by atoms with E-state index < -0.39 is 11.9 Å². The minimum Gasteiger partial charge on any atom is -0.496 e. The molecule has 110 valence electrons. The molecule has 2 aromatic carbocycles. The van der Waals surface area contributed by atoms with Crippen molar-refractivity contribution in [1.82, 2.24) is 5.32 Å². The Bertz CT molecular complexity index is 617. The number of hydrogen-bond donors (Lipinski definition) is 2. The Morgan fingerprint density at radius 1 is 1.29 bits per heavy atom. The van der Waals surface area contributed by atoms with Crippen LogP contribution in [0.15, 0.2) is 48.5 Å². The number of nitrogens with one attached hydrogen (secondary N) is 1. The van der Waals surface area contributed by atoms with Crippen molar-refractivity contribution in [1.29, 1.82) is 0 Å². The average Bonchev–Trinajstić information content (AvgIpc) is 2.48. The summed E-state index contributed by atoms with van der Waals surface area (Å²) in [6.07, 6.45) is 0. The minimum absolute atomic E-state index is 0.423. The summed E-state index contributed by atoms with van der Waals surface area (Å²) in [5.74, 6) is 0.283. The van der Waals surface area contributed by atoms with E-state index in [1.54, 1.807) is 25.3 Å². The van der Waals surface area contributed by atoms with Crippen molar-refractivity contribution in [3.8, 4) is 5.75 Å². The van der Waals surface area contributed by atoms with Gasteiger partial charge < -0.3 is 10.5 Å². The molecular weight excluding hydrogens is 288 g/mol. The molecule has 2 aromatic rings. The lowest BCUT2D eigenvalue weighted by atomic mass is 10.1. The predicted octanol–water partition coefficient (Wildman–Crippen LogP) is 2.66. The number of amides is 1. The Balaban J connectivity index is 2.16. The second-order valence-electron chi connectivity index (χ2n) is 4.58. The fourth-order valence-electron chi connectivity index (χ4n) is 2.13. The van der Waals surface area contributed by atoms with Crippen molar-refractivity contribution in [3.63, 3.8) is 0 Å². The van der Waals surface area contributed by atoms with Crippen LogP contribution >= 0.6 is 11.6 Å². The summed E-state index contributed by atoms with van der Waals surface area (Å²) in [4.78, 5) is 11.6. The van der Waals surface area contributed by atoms with Gasteiger partial charge in [-0.05, 0) is 23.8 Å². The van der Waals surface area contributed by atoms with Gasteiger partial charge in [0.2, 0.25) is 5.91 Å². The summed E-state index contributed by atoms with van der Waals surface area (Å²) in [6.45, 7) is 0.423. The number of ether oxygens (including phenoxy) is 1. The van der Waals surface area contributed by atoms with E-state index in [1.165, 1.54) is 0 Å². The maximum absolute atomic E-state index is 11.6. The Morgan fingerprint density at radius 3 is 2.62 bits per heavy atom. The quantitative estimate of drug-likeness (QED) is 0.862. The molecule has 3 N–H and O–H groups in total. The standard InChI is InChI=1S/C16H17ClN2O2/c1-21-14-8-7-13(17)9-12(14)10-19-15(16(18)20)11-5-3-2-4-6-11/h2-9,15,19H,10H2,1H3,(H2,18,20)/t15-/m0/s1. The van der Waals surface area contributed by atoms with E-state index in [-0.39, 0.29) is 0 Å². The topological polar surface area (TPSA) is 64.3 Å². The van der Waals surface area contributed by atoms with Gasteiger partial charge in [0.05, 0.1) is 7.11 Å². The van der Waals surface area contributed by atoms with E-state index in [2.05, 4.69) is 5.32 Å². The van der Waals surface area contributed by atoms with E-state index in [0.29, 0.717) is 17.3 Å². The molecule has 0 bridgehead atoms. The molecule has 0 spiro atoms. The first-order chi connectivity index (χ1) is 10.1. The van der Waals surface area contributed by atoms with Gasteiger partial charge in [-0.25, -0.2) is 0 Å². The van der Waals surface area contributed by atoms with Gasteiger partial charge in [0.15, 0.2) is 0 Å².